The summed E-state index contributed by atoms with van der Waals surface area (Å²) in [5, 5.41) is 4.04. The third-order valence-electron chi connectivity index (χ3n) is 8.34. The van der Waals surface area contributed by atoms with Gasteiger partial charge in [0.1, 0.15) is 0 Å². The van der Waals surface area contributed by atoms with Crippen LogP contribution in [0.15, 0.2) is 16.9 Å². The molecule has 3 heterocycles. The summed E-state index contributed by atoms with van der Waals surface area (Å²) in [5.41, 5.74) is 0.904. The molecule has 11 heteroatoms. The molecule has 6 nitrogen and oxygen atoms in total. The minimum atomic E-state index is -4.51. The summed E-state index contributed by atoms with van der Waals surface area (Å²) in [5.74, 6) is 0.706. The fraction of sp³-hybridized carbons (Fsp3) is 0.654. The molecule has 37 heavy (non-hydrogen) atoms. The van der Waals surface area contributed by atoms with E-state index in [9.17, 15) is 18.0 Å². The van der Waals surface area contributed by atoms with Crippen LogP contribution >= 0.6 is 11.3 Å². The average molecular weight is 553 g/mol. The van der Waals surface area contributed by atoms with E-state index in [2.05, 4.69) is 39.0 Å². The van der Waals surface area contributed by atoms with E-state index >= 15 is 0 Å². The third kappa shape index (κ3) is 4.94. The fourth-order valence-electron chi connectivity index (χ4n) is 4.72. The average Bonchev–Trinajstić information content (AvgIpc) is 3.69. The van der Waals surface area contributed by atoms with Crippen molar-refractivity contribution in [2.45, 2.75) is 96.1 Å². The van der Waals surface area contributed by atoms with Crippen molar-refractivity contribution in [1.82, 2.24) is 19.2 Å². The van der Waals surface area contributed by atoms with Crippen molar-refractivity contribution in [3.05, 3.63) is 50.1 Å². The number of nitrogens with zero attached hydrogens (tertiary/aromatic N) is 4. The van der Waals surface area contributed by atoms with Crippen LogP contribution in [0.1, 0.15) is 92.5 Å². The molecule has 0 aromatic carbocycles. The molecule has 3 aromatic heterocycles. The summed E-state index contributed by atoms with van der Waals surface area (Å²) < 4.78 is 49.7. The van der Waals surface area contributed by atoms with Gasteiger partial charge in [0.05, 0.1) is 11.7 Å². The van der Waals surface area contributed by atoms with Gasteiger partial charge in [0.15, 0.2) is 19.0 Å². The molecule has 2 fully saturated rings. The second-order valence-electron chi connectivity index (χ2n) is 12.2. The summed E-state index contributed by atoms with van der Waals surface area (Å²) >= 11 is 1.46. The topological polar surface area (TPSA) is 61.4 Å². The molecular weight excluding hydrogens is 517 g/mol. The number of aryl methyl sites for hydroxylation is 1. The van der Waals surface area contributed by atoms with Crippen molar-refractivity contribution >= 4 is 24.6 Å². The summed E-state index contributed by atoms with van der Waals surface area (Å²) in [7, 11) is -1.85. The van der Waals surface area contributed by atoms with E-state index in [4.69, 9.17) is 9.41 Å². The maximum Gasteiger partial charge on any atom is 0.435 e. The number of rotatable bonds is 7. The summed E-state index contributed by atoms with van der Waals surface area (Å²) in [6, 6.07) is 2.02. The van der Waals surface area contributed by atoms with Crippen LogP contribution in [0.25, 0.3) is 4.96 Å². The first-order valence-corrected chi connectivity index (χ1v) is 16.6. The molecule has 5 rings (SSSR count). The SMILES string of the molecule is Cc1sc2nc(C(C)n3nc(C(F)(F)F)cc3C3CC3)cc(=O)n2c1[C@@H]1C[C@H]1CO[Si](C)(C)C(C)(C)C. The van der Waals surface area contributed by atoms with E-state index in [1.165, 1.54) is 22.1 Å². The minimum Gasteiger partial charge on any atom is -0.417 e. The molecule has 0 radical (unpaired) electrons. The van der Waals surface area contributed by atoms with Crippen LogP contribution in [0.2, 0.25) is 18.1 Å². The zero-order valence-electron chi connectivity index (χ0n) is 22.4. The Balaban J connectivity index is 1.42. The Labute approximate surface area is 220 Å². The zero-order valence-corrected chi connectivity index (χ0v) is 24.3. The number of hydrogen-bond acceptors (Lipinski definition) is 5. The molecule has 0 saturated heterocycles. The Hall–Kier alpha value is -1.98. The van der Waals surface area contributed by atoms with Gasteiger partial charge in [0.25, 0.3) is 5.56 Å². The molecule has 202 valence electrons. The second-order valence-corrected chi connectivity index (χ2v) is 18.2. The van der Waals surface area contributed by atoms with Gasteiger partial charge in [0, 0.05) is 40.8 Å². The van der Waals surface area contributed by atoms with Gasteiger partial charge in [-0.25, -0.2) is 4.98 Å². The number of halogens is 3. The van der Waals surface area contributed by atoms with Crippen LogP contribution < -0.4 is 5.56 Å². The molecule has 0 N–H and O–H groups in total. The van der Waals surface area contributed by atoms with Crippen molar-refractivity contribution in [2.75, 3.05) is 6.61 Å². The van der Waals surface area contributed by atoms with Crippen LogP contribution in [0.5, 0.6) is 0 Å². The van der Waals surface area contributed by atoms with Gasteiger partial charge in [0.2, 0.25) is 0 Å². The lowest BCUT2D eigenvalue weighted by molar-refractivity contribution is -0.141. The van der Waals surface area contributed by atoms with Crippen molar-refractivity contribution in [1.29, 1.82) is 0 Å². The van der Waals surface area contributed by atoms with E-state index in [-0.39, 0.29) is 22.4 Å². The van der Waals surface area contributed by atoms with E-state index < -0.39 is 26.2 Å². The lowest BCUT2D eigenvalue weighted by Gasteiger charge is -2.36. The quantitative estimate of drug-likeness (QED) is 0.300. The second kappa shape index (κ2) is 8.77. The third-order valence-corrected chi connectivity index (χ3v) is 13.8. The van der Waals surface area contributed by atoms with Gasteiger partial charge < -0.3 is 4.43 Å². The monoisotopic (exact) mass is 552 g/mol. The number of aromatic nitrogens is 4. The maximum atomic E-state index is 13.4. The minimum absolute atomic E-state index is 0.0757. The Morgan fingerprint density at radius 1 is 1.22 bits per heavy atom. The maximum absolute atomic E-state index is 13.4. The smallest absolute Gasteiger partial charge is 0.417 e. The molecule has 0 bridgehead atoms. The fourth-order valence-corrected chi connectivity index (χ4v) is 6.84. The number of fused-ring (bicyclic) bond motifs is 1. The van der Waals surface area contributed by atoms with Crippen LogP contribution in [-0.2, 0) is 10.6 Å². The van der Waals surface area contributed by atoms with Crippen molar-refractivity contribution < 1.29 is 17.6 Å². The Bertz CT molecular complexity index is 1400. The predicted octanol–water partition coefficient (Wildman–Crippen LogP) is 6.89. The Kier molecular flexibility index (Phi) is 6.31. The standard InChI is InChI=1S/C26H35F3N4O2SSi/c1-14(33-20(16-8-9-16)12-21(31-33)26(27,28)29)19-11-22(34)32-23(15(2)36-24(32)30-19)18-10-17(18)13-35-37(6,7)25(3,4)5/h11-12,14,16-18H,8-10,13H2,1-7H3/t14?,17-,18+/m0/s1. The Morgan fingerprint density at radius 3 is 2.49 bits per heavy atom. The molecule has 1 unspecified atom stereocenters. The Morgan fingerprint density at radius 2 is 1.89 bits per heavy atom. The number of hydrogen-bond donors (Lipinski definition) is 0. The highest BCUT2D eigenvalue weighted by molar-refractivity contribution is 7.17. The zero-order chi connectivity index (χ0) is 27.1. The molecule has 0 amide bonds. The van der Waals surface area contributed by atoms with E-state index in [0.29, 0.717) is 28.9 Å². The van der Waals surface area contributed by atoms with Crippen LogP contribution in [0.4, 0.5) is 13.2 Å². The van der Waals surface area contributed by atoms with Crippen molar-refractivity contribution in [2.24, 2.45) is 5.92 Å². The molecule has 0 aliphatic heterocycles. The van der Waals surface area contributed by atoms with Crippen molar-refractivity contribution in [3.8, 4) is 0 Å². The lowest BCUT2D eigenvalue weighted by Crippen LogP contribution is -2.41. The van der Waals surface area contributed by atoms with E-state index in [1.807, 2.05) is 6.92 Å². The molecule has 2 aliphatic rings. The summed E-state index contributed by atoms with van der Waals surface area (Å²) in [6.07, 6.45) is -1.84. The van der Waals surface area contributed by atoms with Gasteiger partial charge in [-0.15, -0.1) is 11.3 Å². The number of alkyl halides is 3. The van der Waals surface area contributed by atoms with Gasteiger partial charge >= 0.3 is 6.18 Å². The largest absolute Gasteiger partial charge is 0.435 e. The predicted molar refractivity (Wildman–Crippen MR) is 141 cm³/mol. The van der Waals surface area contributed by atoms with Gasteiger partial charge in [-0.05, 0) is 63.2 Å². The first-order chi connectivity index (χ1) is 17.1. The van der Waals surface area contributed by atoms with E-state index in [1.54, 1.807) is 11.3 Å². The van der Waals surface area contributed by atoms with Crippen LogP contribution in [0, 0.1) is 12.8 Å². The van der Waals surface area contributed by atoms with Gasteiger partial charge in [-0.1, -0.05) is 20.8 Å². The molecule has 2 saturated carbocycles. The first-order valence-electron chi connectivity index (χ1n) is 12.9. The van der Waals surface area contributed by atoms with Gasteiger partial charge in [-0.3, -0.25) is 13.9 Å². The molecule has 0 spiro atoms. The normalized spacial score (nSPS) is 21.6. The van der Waals surface area contributed by atoms with E-state index in [0.717, 1.165) is 35.9 Å². The molecule has 2 aliphatic carbocycles. The van der Waals surface area contributed by atoms with Gasteiger partial charge in [-0.2, -0.15) is 18.3 Å². The summed E-state index contributed by atoms with van der Waals surface area (Å²) in [4.78, 5) is 19.7. The highest BCUT2D eigenvalue weighted by Crippen LogP contribution is 2.51. The summed E-state index contributed by atoms with van der Waals surface area (Å²) in [6.45, 7) is 15.6. The highest BCUT2D eigenvalue weighted by atomic mass is 32.1. The van der Waals surface area contributed by atoms with Crippen LogP contribution in [-0.4, -0.2) is 34.1 Å². The highest BCUT2D eigenvalue weighted by Gasteiger charge is 2.45. The molecule has 3 aromatic rings. The molecule has 3 atom stereocenters. The van der Waals surface area contributed by atoms with Crippen LogP contribution in [0.3, 0.4) is 0 Å². The molecular formula is C26H35F3N4O2SSi. The van der Waals surface area contributed by atoms with Crippen molar-refractivity contribution in [3.63, 3.8) is 0 Å². The lowest BCUT2D eigenvalue weighted by atomic mass is 10.2. The first kappa shape index (κ1) is 26.6. The number of thiazole rings is 1.